The van der Waals surface area contributed by atoms with E-state index in [-0.39, 0.29) is 12.6 Å². The zero-order chi connectivity index (χ0) is 14.0. The Morgan fingerprint density at radius 2 is 2.26 bits per heavy atom. The van der Waals surface area contributed by atoms with Gasteiger partial charge in [0, 0.05) is 26.3 Å². The molecule has 0 saturated carbocycles. The van der Waals surface area contributed by atoms with Crippen LogP contribution in [0, 0.1) is 5.41 Å². The summed E-state index contributed by atoms with van der Waals surface area (Å²) in [5, 5.41) is 9.17. The first-order valence-corrected chi connectivity index (χ1v) is 6.10. The van der Waals surface area contributed by atoms with Crippen LogP contribution in [0.1, 0.15) is 13.3 Å². The molecule has 0 aliphatic carbocycles. The third-order valence-corrected chi connectivity index (χ3v) is 3.58. The van der Waals surface area contributed by atoms with Crippen molar-refractivity contribution in [2.45, 2.75) is 13.3 Å². The van der Waals surface area contributed by atoms with Crippen molar-refractivity contribution in [3.8, 4) is 0 Å². The summed E-state index contributed by atoms with van der Waals surface area (Å²) < 4.78 is 0. The van der Waals surface area contributed by atoms with E-state index in [1.165, 1.54) is 4.90 Å². The Labute approximate surface area is 111 Å². The minimum atomic E-state index is -0.855. The number of urea groups is 1. The number of hydrogen-bond acceptors (Lipinski definition) is 3. The van der Waals surface area contributed by atoms with E-state index in [9.17, 15) is 9.59 Å². The molecule has 1 fully saturated rings. The van der Waals surface area contributed by atoms with Gasteiger partial charge in [-0.05, 0) is 25.5 Å². The number of carboxylic acids is 1. The first kappa shape index (κ1) is 13.3. The largest absolute Gasteiger partial charge is 0.481 e. The highest BCUT2D eigenvalue weighted by atomic mass is 16.4. The smallest absolute Gasteiger partial charge is 0.324 e. The summed E-state index contributed by atoms with van der Waals surface area (Å²) in [6, 6.07) is 3.35. The van der Waals surface area contributed by atoms with Gasteiger partial charge in [-0.15, -0.1) is 0 Å². The van der Waals surface area contributed by atoms with Gasteiger partial charge in [0.1, 0.15) is 0 Å². The minimum absolute atomic E-state index is 0.196. The molecule has 1 aromatic heterocycles. The molecule has 6 nitrogen and oxygen atoms in total. The summed E-state index contributed by atoms with van der Waals surface area (Å²) in [6.07, 6.45) is 3.72. The molecule has 2 heterocycles. The van der Waals surface area contributed by atoms with Crippen LogP contribution in [0.25, 0.3) is 0 Å². The molecule has 2 rings (SSSR count). The lowest BCUT2D eigenvalue weighted by atomic mass is 9.90. The monoisotopic (exact) mass is 263 g/mol. The fourth-order valence-corrected chi connectivity index (χ4v) is 2.17. The van der Waals surface area contributed by atoms with E-state index in [1.54, 1.807) is 43.4 Å². The Balaban J connectivity index is 2.08. The van der Waals surface area contributed by atoms with Crippen LogP contribution < -0.4 is 4.90 Å². The minimum Gasteiger partial charge on any atom is -0.481 e. The number of carboxylic acid groups (broad SMARTS) is 1. The average molecular weight is 263 g/mol. The summed E-state index contributed by atoms with van der Waals surface area (Å²) >= 11 is 0. The van der Waals surface area contributed by atoms with E-state index >= 15 is 0 Å². The van der Waals surface area contributed by atoms with Gasteiger partial charge in [0.2, 0.25) is 0 Å². The van der Waals surface area contributed by atoms with Crippen molar-refractivity contribution < 1.29 is 14.7 Å². The molecular weight excluding hydrogens is 246 g/mol. The first-order valence-electron chi connectivity index (χ1n) is 6.10. The second-order valence-corrected chi connectivity index (χ2v) is 5.09. The Morgan fingerprint density at radius 1 is 1.53 bits per heavy atom. The molecule has 1 aromatic rings. The van der Waals surface area contributed by atoms with Crippen molar-refractivity contribution in [1.29, 1.82) is 0 Å². The number of anilines is 1. The van der Waals surface area contributed by atoms with Crippen LogP contribution in [0.4, 0.5) is 10.5 Å². The maximum atomic E-state index is 12.3. The zero-order valence-corrected chi connectivity index (χ0v) is 11.0. The maximum absolute atomic E-state index is 12.3. The summed E-state index contributed by atoms with van der Waals surface area (Å²) in [7, 11) is 1.66. The number of amides is 2. The topological polar surface area (TPSA) is 73.7 Å². The molecule has 0 radical (unpaired) electrons. The van der Waals surface area contributed by atoms with Crippen LogP contribution in [0.2, 0.25) is 0 Å². The molecule has 1 aliphatic rings. The molecule has 0 bridgehead atoms. The number of hydrogen-bond donors (Lipinski definition) is 1. The van der Waals surface area contributed by atoms with Crippen LogP contribution in [0.3, 0.4) is 0 Å². The summed E-state index contributed by atoms with van der Waals surface area (Å²) in [4.78, 5) is 30.5. The Hall–Kier alpha value is -2.11. The number of pyridine rings is 1. The lowest BCUT2D eigenvalue weighted by molar-refractivity contribution is -0.146. The molecule has 0 aromatic carbocycles. The van der Waals surface area contributed by atoms with E-state index in [0.29, 0.717) is 18.7 Å². The molecule has 2 amide bonds. The SMILES string of the molecule is CN(C(=O)N1CCC(C)(C(=O)O)C1)c1cccnc1. The Morgan fingerprint density at radius 3 is 2.79 bits per heavy atom. The molecule has 1 saturated heterocycles. The van der Waals surface area contributed by atoms with Crippen molar-refractivity contribution in [3.05, 3.63) is 24.5 Å². The highest BCUT2D eigenvalue weighted by molar-refractivity contribution is 5.92. The highest BCUT2D eigenvalue weighted by Gasteiger charge is 2.42. The Kier molecular flexibility index (Phi) is 3.42. The molecule has 19 heavy (non-hydrogen) atoms. The van der Waals surface area contributed by atoms with Gasteiger partial charge in [0.15, 0.2) is 0 Å². The van der Waals surface area contributed by atoms with E-state index in [4.69, 9.17) is 5.11 Å². The van der Waals surface area contributed by atoms with E-state index in [0.717, 1.165) is 0 Å². The normalized spacial score (nSPS) is 22.3. The molecule has 0 spiro atoms. The van der Waals surface area contributed by atoms with Gasteiger partial charge in [-0.3, -0.25) is 14.7 Å². The van der Waals surface area contributed by atoms with Crippen LogP contribution in [0.15, 0.2) is 24.5 Å². The van der Waals surface area contributed by atoms with Crippen LogP contribution in [-0.2, 0) is 4.79 Å². The molecule has 6 heteroatoms. The number of aliphatic carboxylic acids is 1. The van der Waals surface area contributed by atoms with Gasteiger partial charge in [0.05, 0.1) is 17.3 Å². The number of rotatable bonds is 2. The van der Waals surface area contributed by atoms with Crippen LogP contribution in [-0.4, -0.2) is 47.1 Å². The quantitative estimate of drug-likeness (QED) is 0.876. The molecule has 1 aliphatic heterocycles. The maximum Gasteiger partial charge on any atom is 0.324 e. The molecule has 1 N–H and O–H groups in total. The number of carbonyl (C=O) groups is 2. The van der Waals surface area contributed by atoms with Crippen LogP contribution >= 0.6 is 0 Å². The van der Waals surface area contributed by atoms with Crippen molar-refractivity contribution in [3.63, 3.8) is 0 Å². The molecule has 102 valence electrons. The zero-order valence-electron chi connectivity index (χ0n) is 11.0. The highest BCUT2D eigenvalue weighted by Crippen LogP contribution is 2.31. The predicted molar refractivity (Wildman–Crippen MR) is 70.0 cm³/mol. The third kappa shape index (κ3) is 2.52. The van der Waals surface area contributed by atoms with E-state index in [1.807, 2.05) is 0 Å². The lowest BCUT2D eigenvalue weighted by Gasteiger charge is -2.25. The van der Waals surface area contributed by atoms with Crippen molar-refractivity contribution in [2.24, 2.45) is 5.41 Å². The standard InChI is InChI=1S/C13H17N3O3/c1-13(11(17)18)5-7-16(9-13)12(19)15(2)10-4-3-6-14-8-10/h3-4,6,8H,5,7,9H2,1-2H3,(H,17,18). The Bertz CT molecular complexity index is 491. The number of nitrogens with zero attached hydrogens (tertiary/aromatic N) is 3. The fourth-order valence-electron chi connectivity index (χ4n) is 2.17. The van der Waals surface area contributed by atoms with Crippen LogP contribution in [0.5, 0.6) is 0 Å². The van der Waals surface area contributed by atoms with E-state index < -0.39 is 11.4 Å². The van der Waals surface area contributed by atoms with Crippen molar-refractivity contribution in [2.75, 3.05) is 25.0 Å². The summed E-state index contributed by atoms with van der Waals surface area (Å²) in [6.45, 7) is 2.38. The van der Waals surface area contributed by atoms with Gasteiger partial charge in [0.25, 0.3) is 0 Å². The van der Waals surface area contributed by atoms with Gasteiger partial charge in [-0.2, -0.15) is 0 Å². The van der Waals surface area contributed by atoms with Gasteiger partial charge in [-0.1, -0.05) is 0 Å². The van der Waals surface area contributed by atoms with Crippen molar-refractivity contribution in [1.82, 2.24) is 9.88 Å². The number of carbonyl (C=O) groups excluding carboxylic acids is 1. The van der Waals surface area contributed by atoms with Gasteiger partial charge < -0.3 is 10.0 Å². The second-order valence-electron chi connectivity index (χ2n) is 5.09. The predicted octanol–water partition coefficient (Wildman–Crippen LogP) is 1.43. The molecule has 1 atom stereocenters. The fraction of sp³-hybridized carbons (Fsp3) is 0.462. The van der Waals surface area contributed by atoms with E-state index in [2.05, 4.69) is 4.98 Å². The average Bonchev–Trinajstić information content (AvgIpc) is 2.82. The number of likely N-dealkylation sites (tertiary alicyclic amines) is 1. The third-order valence-electron chi connectivity index (χ3n) is 3.58. The first-order chi connectivity index (χ1) is 8.94. The van der Waals surface area contributed by atoms with Crippen molar-refractivity contribution >= 4 is 17.7 Å². The lowest BCUT2D eigenvalue weighted by Crippen LogP contribution is -2.42. The van der Waals surface area contributed by atoms with Gasteiger partial charge in [-0.25, -0.2) is 4.79 Å². The summed E-state index contributed by atoms with van der Waals surface area (Å²) in [5.41, 5.74) is -0.151. The summed E-state index contributed by atoms with van der Waals surface area (Å²) in [5.74, 6) is -0.855. The molecule has 1 unspecified atom stereocenters. The second kappa shape index (κ2) is 4.87. The van der Waals surface area contributed by atoms with Gasteiger partial charge >= 0.3 is 12.0 Å². The number of aromatic nitrogens is 1. The molecular formula is C13H17N3O3.